The van der Waals surface area contributed by atoms with Gasteiger partial charge in [-0.1, -0.05) is 6.07 Å². The van der Waals surface area contributed by atoms with E-state index in [2.05, 4.69) is 15.2 Å². The zero-order valence-corrected chi connectivity index (χ0v) is 18.2. The molecule has 0 fully saturated rings. The van der Waals surface area contributed by atoms with Gasteiger partial charge < -0.3 is 9.64 Å². The van der Waals surface area contributed by atoms with Crippen molar-refractivity contribution >= 4 is 5.91 Å². The minimum atomic E-state index is -4.46. The van der Waals surface area contributed by atoms with Crippen LogP contribution >= 0.6 is 0 Å². The molecule has 1 amide bonds. The highest BCUT2D eigenvalue weighted by Gasteiger charge is 2.31. The predicted octanol–water partition coefficient (Wildman–Crippen LogP) is 4.23. The second-order valence-corrected chi connectivity index (χ2v) is 7.36. The second kappa shape index (κ2) is 9.37. The first kappa shape index (κ1) is 23.2. The lowest BCUT2D eigenvalue weighted by molar-refractivity contribution is -0.137. The van der Waals surface area contributed by atoms with E-state index < -0.39 is 11.7 Å². The summed E-state index contributed by atoms with van der Waals surface area (Å²) >= 11 is 0. The maximum atomic E-state index is 13.4. The number of aromatic nitrogens is 4. The third kappa shape index (κ3) is 4.90. The number of carbonyl (C=O) groups excluding carboxylic acids is 1. The van der Waals surface area contributed by atoms with Crippen molar-refractivity contribution in [3.8, 4) is 11.6 Å². The minimum Gasteiger partial charge on any atom is -0.475 e. The van der Waals surface area contributed by atoms with Crippen molar-refractivity contribution < 1.29 is 22.7 Å². The lowest BCUT2D eigenvalue weighted by Crippen LogP contribution is -2.42. The molecule has 0 unspecified atom stereocenters. The highest BCUT2D eigenvalue weighted by Crippen LogP contribution is 2.29. The number of pyridine rings is 1. The highest BCUT2D eigenvalue weighted by atomic mass is 19.4. The van der Waals surface area contributed by atoms with Gasteiger partial charge in [0.1, 0.15) is 12.3 Å². The fraction of sp³-hybridized carbons (Fsp3) is 0.364. The van der Waals surface area contributed by atoms with Crippen molar-refractivity contribution in [1.29, 1.82) is 0 Å². The van der Waals surface area contributed by atoms with Crippen molar-refractivity contribution in [3.05, 3.63) is 65.1 Å². The summed E-state index contributed by atoms with van der Waals surface area (Å²) in [5, 5.41) is 8.37. The van der Waals surface area contributed by atoms with E-state index in [9.17, 15) is 18.0 Å². The van der Waals surface area contributed by atoms with E-state index in [1.54, 1.807) is 30.3 Å². The van der Waals surface area contributed by atoms with Crippen molar-refractivity contribution in [2.45, 2.75) is 39.9 Å². The molecule has 2 heterocycles. The molecular weight excluding hydrogens is 423 g/mol. The van der Waals surface area contributed by atoms with Crippen LogP contribution in [0.2, 0.25) is 0 Å². The molecule has 3 aromatic rings. The molecule has 170 valence electrons. The molecular formula is C22H24F3N5O2. The van der Waals surface area contributed by atoms with Crippen molar-refractivity contribution in [2.24, 2.45) is 0 Å². The van der Waals surface area contributed by atoms with Crippen LogP contribution in [0.1, 0.15) is 40.9 Å². The Labute approximate surface area is 183 Å². The molecule has 3 rings (SSSR count). The van der Waals surface area contributed by atoms with Gasteiger partial charge in [-0.25, -0.2) is 4.98 Å². The van der Waals surface area contributed by atoms with E-state index >= 15 is 0 Å². The maximum Gasteiger partial charge on any atom is 0.417 e. The van der Waals surface area contributed by atoms with Crippen LogP contribution < -0.4 is 4.74 Å². The number of hydrogen-bond donors (Lipinski definition) is 0. The van der Waals surface area contributed by atoms with Crippen LogP contribution in [0.3, 0.4) is 0 Å². The Balaban J connectivity index is 1.78. The Kier molecular flexibility index (Phi) is 6.81. The summed E-state index contributed by atoms with van der Waals surface area (Å²) in [4.78, 5) is 20.2. The average molecular weight is 447 g/mol. The Hall–Kier alpha value is -3.43. The normalized spacial score (nSPS) is 12.5. The third-order valence-corrected chi connectivity index (χ3v) is 5.22. The fourth-order valence-corrected chi connectivity index (χ4v) is 3.30. The summed E-state index contributed by atoms with van der Waals surface area (Å²) in [7, 11) is 0. The Morgan fingerprint density at radius 2 is 1.84 bits per heavy atom. The number of aryl methyl sites for hydroxylation is 1. The van der Waals surface area contributed by atoms with Crippen LogP contribution in [0.15, 0.2) is 42.9 Å². The van der Waals surface area contributed by atoms with Crippen LogP contribution in [0, 0.1) is 13.8 Å². The molecule has 0 saturated heterocycles. The Morgan fingerprint density at radius 1 is 1.16 bits per heavy atom. The standard InChI is InChI=1S/C22H24F3N5O2/c1-5-29(15(3)13-32-19-9-7-17(12-26-19)22(23,24)25)21(31)18-8-6-14(2)16(4)20(18)30-27-10-11-28-30/h6-12,15H,5,13H2,1-4H3/t15-/m0/s1. The number of hydrogen-bond acceptors (Lipinski definition) is 5. The van der Waals surface area contributed by atoms with E-state index in [1.165, 1.54) is 10.9 Å². The number of ether oxygens (including phenoxy) is 1. The lowest BCUT2D eigenvalue weighted by Gasteiger charge is -2.29. The first-order valence-corrected chi connectivity index (χ1v) is 10.1. The quantitative estimate of drug-likeness (QED) is 0.542. The number of benzene rings is 1. The smallest absolute Gasteiger partial charge is 0.417 e. The molecule has 0 saturated carbocycles. The maximum absolute atomic E-state index is 13.4. The second-order valence-electron chi connectivity index (χ2n) is 7.36. The highest BCUT2D eigenvalue weighted by molar-refractivity contribution is 5.98. The SMILES string of the molecule is CCN(C(=O)c1ccc(C)c(C)c1-n1nccn1)[C@@H](C)COc1ccc(C(F)(F)F)cn1. The first-order chi connectivity index (χ1) is 15.1. The van der Waals surface area contributed by atoms with Crippen molar-refractivity contribution in [2.75, 3.05) is 13.2 Å². The van der Waals surface area contributed by atoms with Crippen LogP contribution in [-0.2, 0) is 6.18 Å². The van der Waals surface area contributed by atoms with Gasteiger partial charge in [-0.3, -0.25) is 4.79 Å². The van der Waals surface area contributed by atoms with Gasteiger partial charge in [0.25, 0.3) is 5.91 Å². The van der Waals surface area contributed by atoms with Gasteiger partial charge in [0.15, 0.2) is 0 Å². The number of amides is 1. The molecule has 10 heteroatoms. The summed E-state index contributed by atoms with van der Waals surface area (Å²) < 4.78 is 43.6. The van der Waals surface area contributed by atoms with Crippen LogP contribution in [-0.4, -0.2) is 50.0 Å². The third-order valence-electron chi connectivity index (χ3n) is 5.22. The van der Waals surface area contributed by atoms with Crippen LogP contribution in [0.4, 0.5) is 13.2 Å². The Morgan fingerprint density at radius 3 is 2.41 bits per heavy atom. The first-order valence-electron chi connectivity index (χ1n) is 10.1. The van der Waals surface area contributed by atoms with Crippen molar-refractivity contribution in [1.82, 2.24) is 24.9 Å². The largest absolute Gasteiger partial charge is 0.475 e. The minimum absolute atomic E-state index is 0.0564. The Bertz CT molecular complexity index is 1070. The zero-order valence-electron chi connectivity index (χ0n) is 18.2. The van der Waals surface area contributed by atoms with Gasteiger partial charge in [-0.2, -0.15) is 28.2 Å². The van der Waals surface area contributed by atoms with Crippen LogP contribution in [0.5, 0.6) is 5.88 Å². The summed E-state index contributed by atoms with van der Waals surface area (Å²) in [6.45, 7) is 7.97. The molecule has 2 aromatic heterocycles. The lowest BCUT2D eigenvalue weighted by atomic mass is 10.0. The van der Waals surface area contributed by atoms with E-state index in [0.717, 1.165) is 23.4 Å². The fourth-order valence-electron chi connectivity index (χ4n) is 3.30. The summed E-state index contributed by atoms with van der Waals surface area (Å²) in [6, 6.07) is 5.33. The van der Waals surface area contributed by atoms with Crippen LogP contribution in [0.25, 0.3) is 5.69 Å². The van der Waals surface area contributed by atoms with E-state index in [0.29, 0.717) is 17.8 Å². The zero-order chi connectivity index (χ0) is 23.5. The molecule has 32 heavy (non-hydrogen) atoms. The molecule has 0 radical (unpaired) electrons. The monoisotopic (exact) mass is 447 g/mol. The molecule has 7 nitrogen and oxygen atoms in total. The summed E-state index contributed by atoms with van der Waals surface area (Å²) in [5.74, 6) is -0.166. The molecule has 1 aromatic carbocycles. The molecule has 0 aliphatic carbocycles. The molecule has 0 aliphatic rings. The topological polar surface area (TPSA) is 73.1 Å². The van der Waals surface area contributed by atoms with E-state index in [4.69, 9.17) is 4.74 Å². The van der Waals surface area contributed by atoms with Gasteiger partial charge in [-0.05, 0) is 51.0 Å². The van der Waals surface area contributed by atoms with Gasteiger partial charge >= 0.3 is 6.18 Å². The van der Waals surface area contributed by atoms with Gasteiger partial charge in [0.05, 0.1) is 29.6 Å². The molecule has 0 bridgehead atoms. The van der Waals surface area contributed by atoms with Gasteiger partial charge in [-0.15, -0.1) is 0 Å². The molecule has 0 aliphatic heterocycles. The van der Waals surface area contributed by atoms with Gasteiger partial charge in [0, 0.05) is 18.8 Å². The molecule has 0 spiro atoms. The predicted molar refractivity (Wildman–Crippen MR) is 112 cm³/mol. The van der Waals surface area contributed by atoms with E-state index in [1.807, 2.05) is 26.8 Å². The average Bonchev–Trinajstić information content (AvgIpc) is 3.28. The van der Waals surface area contributed by atoms with E-state index in [-0.39, 0.29) is 24.4 Å². The number of alkyl halides is 3. The number of likely N-dealkylation sites (N-methyl/N-ethyl adjacent to an activating group) is 1. The number of rotatable bonds is 7. The molecule has 0 N–H and O–H groups in total. The van der Waals surface area contributed by atoms with Crippen molar-refractivity contribution in [3.63, 3.8) is 0 Å². The van der Waals surface area contributed by atoms with Gasteiger partial charge in [0.2, 0.25) is 5.88 Å². The number of nitrogens with zero attached hydrogens (tertiary/aromatic N) is 5. The summed E-state index contributed by atoms with van der Waals surface area (Å²) in [6.07, 6.45) is -0.652. The number of carbonyl (C=O) groups is 1. The number of halogens is 3. The molecule has 1 atom stereocenters. The summed E-state index contributed by atoms with van der Waals surface area (Å²) in [5.41, 5.74) is 2.10.